The second-order valence-electron chi connectivity index (χ2n) is 5.60. The smallest absolute Gasteiger partial charge is 0.406 e. The molecule has 0 aliphatic rings. The lowest BCUT2D eigenvalue weighted by Crippen LogP contribution is -2.17. The number of nitrogens with one attached hydrogen (secondary N) is 2. The van der Waals surface area contributed by atoms with E-state index in [2.05, 4.69) is 25.2 Å². The zero-order valence-electron chi connectivity index (χ0n) is 14.6. The Labute approximate surface area is 162 Å². The van der Waals surface area contributed by atoms with Crippen molar-refractivity contribution in [3.63, 3.8) is 0 Å². The highest BCUT2D eigenvalue weighted by Crippen LogP contribution is 2.22. The number of nitriles is 1. The first-order valence-corrected chi connectivity index (χ1v) is 8.10. The van der Waals surface area contributed by atoms with Gasteiger partial charge in [0.25, 0.3) is 5.56 Å². The number of hydrazone groups is 1. The van der Waals surface area contributed by atoms with E-state index < -0.39 is 11.9 Å². The molecule has 3 aromatic rings. The summed E-state index contributed by atoms with van der Waals surface area (Å²) in [4.78, 5) is 18.7. The second-order valence-corrected chi connectivity index (χ2v) is 5.60. The maximum atomic E-state index is 12.2. The maximum absolute atomic E-state index is 12.2. The zero-order chi connectivity index (χ0) is 20.9. The molecule has 0 aliphatic heterocycles. The summed E-state index contributed by atoms with van der Waals surface area (Å²) in [6.07, 6.45) is -3.45. The van der Waals surface area contributed by atoms with Crippen LogP contribution in [0, 0.1) is 11.3 Å². The third-order valence-corrected chi connectivity index (χ3v) is 3.58. The number of nitrogens with zero attached hydrogens (tertiary/aromatic N) is 3. The summed E-state index contributed by atoms with van der Waals surface area (Å²) >= 11 is 0. The number of hydrogen-bond acceptors (Lipinski definition) is 6. The van der Waals surface area contributed by atoms with E-state index in [1.54, 1.807) is 30.3 Å². The maximum Gasteiger partial charge on any atom is 0.573 e. The number of halogens is 3. The number of aromatic nitrogens is 2. The van der Waals surface area contributed by atoms with E-state index >= 15 is 0 Å². The van der Waals surface area contributed by atoms with Crippen LogP contribution in [0.2, 0.25) is 0 Å². The van der Waals surface area contributed by atoms with Crippen LogP contribution in [0.4, 0.5) is 19.1 Å². The van der Waals surface area contributed by atoms with Gasteiger partial charge < -0.3 is 4.74 Å². The Morgan fingerprint density at radius 3 is 2.45 bits per heavy atom. The van der Waals surface area contributed by atoms with E-state index in [9.17, 15) is 23.2 Å². The van der Waals surface area contributed by atoms with Crippen molar-refractivity contribution in [3.05, 3.63) is 76.1 Å². The summed E-state index contributed by atoms with van der Waals surface area (Å²) in [6.45, 7) is 0. The number of aromatic amines is 1. The monoisotopic (exact) mass is 399 g/mol. The van der Waals surface area contributed by atoms with Gasteiger partial charge in [-0.25, -0.2) is 10.4 Å². The molecule has 0 saturated heterocycles. The fraction of sp³-hybridized carbons (Fsp3) is 0.0526. The molecular formula is C19H12F3N5O2. The molecule has 146 valence electrons. The Hall–Kier alpha value is -4.13. The van der Waals surface area contributed by atoms with Gasteiger partial charge in [-0.2, -0.15) is 10.4 Å². The lowest BCUT2D eigenvalue weighted by Gasteiger charge is -2.08. The number of hydrogen-bond donors (Lipinski definition) is 2. The molecular weight excluding hydrogens is 387 g/mol. The van der Waals surface area contributed by atoms with Gasteiger partial charge in [0, 0.05) is 5.56 Å². The molecule has 2 aromatic carbocycles. The van der Waals surface area contributed by atoms with E-state index in [4.69, 9.17) is 0 Å². The van der Waals surface area contributed by atoms with Gasteiger partial charge in [0.2, 0.25) is 5.95 Å². The summed E-state index contributed by atoms with van der Waals surface area (Å²) in [7, 11) is 0. The highest BCUT2D eigenvalue weighted by Gasteiger charge is 2.30. The Morgan fingerprint density at radius 1 is 1.14 bits per heavy atom. The van der Waals surface area contributed by atoms with Gasteiger partial charge >= 0.3 is 6.36 Å². The molecule has 0 radical (unpaired) electrons. The first-order valence-electron chi connectivity index (χ1n) is 8.10. The van der Waals surface area contributed by atoms with Gasteiger partial charge in [-0.05, 0) is 29.8 Å². The first kappa shape index (κ1) is 19.6. The lowest BCUT2D eigenvalue weighted by molar-refractivity contribution is -0.274. The van der Waals surface area contributed by atoms with Crippen molar-refractivity contribution in [3.8, 4) is 23.1 Å². The molecule has 10 heteroatoms. The van der Waals surface area contributed by atoms with Crippen LogP contribution >= 0.6 is 0 Å². The van der Waals surface area contributed by atoms with Crippen LogP contribution in [-0.4, -0.2) is 22.5 Å². The normalized spacial score (nSPS) is 11.2. The van der Waals surface area contributed by atoms with Gasteiger partial charge in [-0.1, -0.05) is 30.3 Å². The summed E-state index contributed by atoms with van der Waals surface area (Å²) in [5.41, 5.74) is 3.03. The highest BCUT2D eigenvalue weighted by molar-refractivity contribution is 5.80. The number of benzene rings is 2. The Bertz CT molecular complexity index is 1120. The van der Waals surface area contributed by atoms with Crippen LogP contribution in [0.3, 0.4) is 0 Å². The molecule has 0 fully saturated rings. The number of ether oxygens (including phenoxy) is 1. The molecule has 2 N–H and O–H groups in total. The molecule has 0 amide bonds. The number of H-pyrrole nitrogens is 1. The summed E-state index contributed by atoms with van der Waals surface area (Å²) in [5.74, 6) is -0.352. The largest absolute Gasteiger partial charge is 0.573 e. The number of rotatable bonds is 5. The van der Waals surface area contributed by atoms with E-state index in [0.717, 1.165) is 12.1 Å². The van der Waals surface area contributed by atoms with Crippen LogP contribution in [0.1, 0.15) is 11.1 Å². The summed E-state index contributed by atoms with van der Waals surface area (Å²) in [6, 6.07) is 15.6. The van der Waals surface area contributed by atoms with Gasteiger partial charge in [-0.3, -0.25) is 9.78 Å². The predicted molar refractivity (Wildman–Crippen MR) is 99.4 cm³/mol. The molecule has 0 spiro atoms. The number of alkyl halides is 3. The van der Waals surface area contributed by atoms with Crippen molar-refractivity contribution < 1.29 is 17.9 Å². The molecule has 1 heterocycles. The zero-order valence-corrected chi connectivity index (χ0v) is 14.6. The molecule has 3 rings (SSSR count). The average molecular weight is 399 g/mol. The molecule has 0 unspecified atom stereocenters. The van der Waals surface area contributed by atoms with Crippen molar-refractivity contribution in [2.24, 2.45) is 5.10 Å². The third kappa shape index (κ3) is 5.20. The van der Waals surface area contributed by atoms with Crippen molar-refractivity contribution >= 4 is 12.2 Å². The molecule has 1 aromatic heterocycles. The van der Waals surface area contributed by atoms with E-state index in [1.807, 2.05) is 6.07 Å². The van der Waals surface area contributed by atoms with Crippen LogP contribution in [0.25, 0.3) is 11.3 Å². The fourth-order valence-electron chi connectivity index (χ4n) is 2.36. The minimum absolute atomic E-state index is 0.00104. The molecule has 7 nitrogen and oxygen atoms in total. The quantitative estimate of drug-likeness (QED) is 0.504. The van der Waals surface area contributed by atoms with Crippen LogP contribution < -0.4 is 15.7 Å². The van der Waals surface area contributed by atoms with Gasteiger partial charge in [-0.15, -0.1) is 13.2 Å². The first-order chi connectivity index (χ1) is 13.9. The van der Waals surface area contributed by atoms with Crippen molar-refractivity contribution in [2.45, 2.75) is 6.36 Å². The van der Waals surface area contributed by atoms with E-state index in [-0.39, 0.29) is 23.0 Å². The summed E-state index contributed by atoms with van der Waals surface area (Å²) in [5, 5.41) is 13.1. The van der Waals surface area contributed by atoms with Crippen molar-refractivity contribution in [1.82, 2.24) is 9.97 Å². The van der Waals surface area contributed by atoms with E-state index in [0.29, 0.717) is 11.1 Å². The van der Waals surface area contributed by atoms with Crippen LogP contribution in [0.15, 0.2) is 64.5 Å². The predicted octanol–water partition coefficient (Wildman–Crippen LogP) is 3.65. The van der Waals surface area contributed by atoms with Crippen molar-refractivity contribution in [1.29, 1.82) is 5.26 Å². The molecule has 0 bridgehead atoms. The van der Waals surface area contributed by atoms with Gasteiger partial charge in [0.05, 0.1) is 11.9 Å². The average Bonchev–Trinajstić information content (AvgIpc) is 2.68. The highest BCUT2D eigenvalue weighted by atomic mass is 19.4. The molecule has 0 aliphatic carbocycles. The minimum atomic E-state index is -4.76. The van der Waals surface area contributed by atoms with Crippen LogP contribution in [-0.2, 0) is 0 Å². The molecule has 29 heavy (non-hydrogen) atoms. The number of anilines is 1. The fourth-order valence-corrected chi connectivity index (χ4v) is 2.36. The Balaban J connectivity index is 1.78. The third-order valence-electron chi connectivity index (χ3n) is 3.58. The van der Waals surface area contributed by atoms with Crippen LogP contribution in [0.5, 0.6) is 5.75 Å². The second kappa shape index (κ2) is 8.26. The Kier molecular flexibility index (Phi) is 5.59. The van der Waals surface area contributed by atoms with Crippen molar-refractivity contribution in [2.75, 3.05) is 5.43 Å². The SMILES string of the molecule is N#Cc1c(-c2ccccc2)nc(NN=Cc2ccc(OC(F)(F)F)cc2)[nH]c1=O. The van der Waals surface area contributed by atoms with Gasteiger partial charge in [0.15, 0.2) is 0 Å². The summed E-state index contributed by atoms with van der Waals surface area (Å²) < 4.78 is 40.3. The molecule has 0 atom stereocenters. The van der Waals surface area contributed by atoms with Gasteiger partial charge in [0.1, 0.15) is 17.4 Å². The Morgan fingerprint density at radius 2 is 1.83 bits per heavy atom. The lowest BCUT2D eigenvalue weighted by atomic mass is 10.1. The topological polar surface area (TPSA) is 103 Å². The van der Waals surface area contributed by atoms with E-state index in [1.165, 1.54) is 18.3 Å². The molecule has 0 saturated carbocycles. The standard InChI is InChI=1S/C19H12F3N5O2/c20-19(21,22)29-14-8-6-12(7-9-14)11-24-27-18-25-16(13-4-2-1-3-5-13)15(10-23)17(28)26-18/h1-9,11H,(H2,25,26,27,28). The minimum Gasteiger partial charge on any atom is -0.406 e.